The van der Waals surface area contributed by atoms with Gasteiger partial charge in [-0.3, -0.25) is 13.8 Å². The van der Waals surface area contributed by atoms with Crippen LogP contribution in [0.4, 0.5) is 11.4 Å². The molecule has 3 aromatic rings. The lowest BCUT2D eigenvalue weighted by Gasteiger charge is -2.17. The summed E-state index contributed by atoms with van der Waals surface area (Å²) < 4.78 is 27.1. The van der Waals surface area contributed by atoms with Crippen molar-refractivity contribution in [3.8, 4) is 0 Å². The van der Waals surface area contributed by atoms with Crippen LogP contribution in [0.5, 0.6) is 0 Å². The molecular weight excluding hydrogens is 366 g/mol. The molecule has 0 spiro atoms. The second kappa shape index (κ2) is 6.34. The van der Waals surface area contributed by atoms with E-state index in [1.165, 1.54) is 4.31 Å². The van der Waals surface area contributed by atoms with Crippen molar-refractivity contribution in [2.45, 2.75) is 13.3 Å². The maximum absolute atomic E-state index is 12.5. The first-order valence-electron chi connectivity index (χ1n) is 8.56. The second-order valence-corrected chi connectivity index (χ2v) is 8.56. The lowest BCUT2D eigenvalue weighted by atomic mass is 10.2. The first-order valence-corrected chi connectivity index (χ1v) is 10.2. The van der Waals surface area contributed by atoms with Crippen LogP contribution < -0.4 is 9.62 Å². The molecule has 3 heterocycles. The molecule has 1 N–H and O–H groups in total. The molecule has 0 saturated carbocycles. The zero-order chi connectivity index (χ0) is 19.2. The fourth-order valence-corrected chi connectivity index (χ4v) is 4.85. The molecule has 1 aromatic carbocycles. The fourth-order valence-electron chi connectivity index (χ4n) is 3.29. The molecule has 4 rings (SSSR count). The molecule has 2 aromatic heterocycles. The van der Waals surface area contributed by atoms with Gasteiger partial charge in [-0.1, -0.05) is 0 Å². The summed E-state index contributed by atoms with van der Waals surface area (Å²) in [6.45, 7) is 2.37. The first-order chi connectivity index (χ1) is 12.8. The average molecular weight is 385 g/mol. The van der Waals surface area contributed by atoms with Gasteiger partial charge in [-0.05, 0) is 43.7 Å². The maximum atomic E-state index is 12.5. The van der Waals surface area contributed by atoms with Gasteiger partial charge in [-0.25, -0.2) is 13.4 Å². The van der Waals surface area contributed by atoms with Gasteiger partial charge in [0.15, 0.2) is 5.65 Å². The third-order valence-corrected chi connectivity index (χ3v) is 6.51. The second-order valence-electron chi connectivity index (χ2n) is 6.55. The Bertz CT molecular complexity index is 1140. The predicted molar refractivity (Wildman–Crippen MR) is 103 cm³/mol. The number of pyridine rings is 1. The summed E-state index contributed by atoms with van der Waals surface area (Å²) in [4.78, 5) is 16.9. The Morgan fingerprint density at radius 2 is 1.96 bits per heavy atom. The number of aromatic nitrogens is 3. The number of benzene rings is 1. The van der Waals surface area contributed by atoms with Crippen molar-refractivity contribution in [2.75, 3.05) is 21.9 Å². The van der Waals surface area contributed by atoms with Gasteiger partial charge >= 0.3 is 0 Å². The van der Waals surface area contributed by atoms with E-state index in [0.29, 0.717) is 29.9 Å². The minimum Gasteiger partial charge on any atom is -0.321 e. The molecule has 140 valence electrons. The zero-order valence-electron chi connectivity index (χ0n) is 15.0. The van der Waals surface area contributed by atoms with E-state index in [0.717, 1.165) is 16.7 Å². The van der Waals surface area contributed by atoms with Crippen LogP contribution in [-0.4, -0.2) is 41.4 Å². The van der Waals surface area contributed by atoms with E-state index in [9.17, 15) is 13.2 Å². The molecular formula is C18H19N5O3S. The Labute approximate surface area is 156 Å². The number of amides is 1. The molecule has 1 aliphatic rings. The molecule has 1 amide bonds. The average Bonchev–Trinajstić information content (AvgIpc) is 3.13. The molecule has 1 fully saturated rings. The number of hydrogen-bond donors (Lipinski definition) is 1. The largest absolute Gasteiger partial charge is 0.321 e. The van der Waals surface area contributed by atoms with Crippen LogP contribution in [0.2, 0.25) is 0 Å². The first kappa shape index (κ1) is 17.5. The van der Waals surface area contributed by atoms with Gasteiger partial charge in [-0.15, -0.1) is 0 Å². The molecule has 0 aliphatic carbocycles. The number of nitrogens with one attached hydrogen (secondary N) is 1. The van der Waals surface area contributed by atoms with Gasteiger partial charge in [0, 0.05) is 24.5 Å². The maximum Gasteiger partial charge on any atom is 0.255 e. The monoisotopic (exact) mass is 385 g/mol. The smallest absolute Gasteiger partial charge is 0.255 e. The summed E-state index contributed by atoms with van der Waals surface area (Å²) in [6.07, 6.45) is 2.21. The number of aryl methyl sites for hydroxylation is 2. The van der Waals surface area contributed by atoms with Crippen LogP contribution in [0.25, 0.3) is 11.0 Å². The molecule has 0 atom stereocenters. The molecule has 27 heavy (non-hydrogen) atoms. The van der Waals surface area contributed by atoms with E-state index in [1.807, 2.05) is 20.0 Å². The van der Waals surface area contributed by atoms with E-state index < -0.39 is 10.0 Å². The Kier molecular flexibility index (Phi) is 4.11. The predicted octanol–water partition coefficient (Wildman–Crippen LogP) is 2.07. The number of hydrogen-bond acceptors (Lipinski definition) is 5. The molecule has 1 aliphatic heterocycles. The zero-order valence-corrected chi connectivity index (χ0v) is 15.8. The van der Waals surface area contributed by atoms with E-state index >= 15 is 0 Å². The molecule has 0 bridgehead atoms. The van der Waals surface area contributed by atoms with Crippen molar-refractivity contribution in [3.63, 3.8) is 0 Å². The van der Waals surface area contributed by atoms with Crippen molar-refractivity contribution in [2.24, 2.45) is 7.05 Å². The fraction of sp³-hybridized carbons (Fsp3) is 0.278. The standard InChI is InChI=1S/C18H19N5O3S/c1-12-16-10-14(11-19-17(16)22(2)21-12)20-18(24)13-4-6-15(7-5-13)23-8-3-9-27(23,25)26/h4-7,10-11H,3,8-9H2,1-2H3,(H,20,24). The lowest BCUT2D eigenvalue weighted by molar-refractivity contribution is 0.102. The van der Waals surface area contributed by atoms with Gasteiger partial charge in [-0.2, -0.15) is 5.10 Å². The van der Waals surface area contributed by atoms with Gasteiger partial charge in [0.05, 0.1) is 29.0 Å². The quantitative estimate of drug-likeness (QED) is 0.744. The molecule has 1 saturated heterocycles. The third kappa shape index (κ3) is 3.14. The highest BCUT2D eigenvalue weighted by Gasteiger charge is 2.28. The lowest BCUT2D eigenvalue weighted by Crippen LogP contribution is -2.25. The number of nitrogens with zero attached hydrogens (tertiary/aromatic N) is 4. The van der Waals surface area contributed by atoms with Crippen LogP contribution in [-0.2, 0) is 17.1 Å². The number of rotatable bonds is 3. The SMILES string of the molecule is Cc1nn(C)c2ncc(NC(=O)c3ccc(N4CCCS4(=O)=O)cc3)cc12. The summed E-state index contributed by atoms with van der Waals surface area (Å²) in [5, 5.41) is 8.02. The van der Waals surface area contributed by atoms with Crippen molar-refractivity contribution < 1.29 is 13.2 Å². The molecule has 9 heteroatoms. The van der Waals surface area contributed by atoms with E-state index in [4.69, 9.17) is 0 Å². The Morgan fingerprint density at radius 1 is 1.22 bits per heavy atom. The number of fused-ring (bicyclic) bond motifs is 1. The van der Waals surface area contributed by atoms with Gasteiger partial charge in [0.2, 0.25) is 10.0 Å². The van der Waals surface area contributed by atoms with Gasteiger partial charge in [0.1, 0.15) is 0 Å². The Hall–Kier alpha value is -2.94. The van der Waals surface area contributed by atoms with E-state index in [-0.39, 0.29) is 11.7 Å². The van der Waals surface area contributed by atoms with Gasteiger partial charge < -0.3 is 5.32 Å². The summed E-state index contributed by atoms with van der Waals surface area (Å²) in [7, 11) is -1.41. The normalized spacial score (nSPS) is 16.0. The Morgan fingerprint density at radius 3 is 2.63 bits per heavy atom. The summed E-state index contributed by atoms with van der Waals surface area (Å²) >= 11 is 0. The number of anilines is 2. The highest BCUT2D eigenvalue weighted by Crippen LogP contribution is 2.25. The summed E-state index contributed by atoms with van der Waals surface area (Å²) in [5.41, 5.74) is 3.19. The van der Waals surface area contributed by atoms with Crippen LogP contribution in [0, 0.1) is 6.92 Å². The van der Waals surface area contributed by atoms with E-state index in [2.05, 4.69) is 15.4 Å². The van der Waals surface area contributed by atoms with Crippen LogP contribution >= 0.6 is 0 Å². The minimum atomic E-state index is -3.23. The molecule has 0 radical (unpaired) electrons. The highest BCUT2D eigenvalue weighted by atomic mass is 32.2. The van der Waals surface area contributed by atoms with Crippen LogP contribution in [0.15, 0.2) is 36.5 Å². The third-order valence-electron chi connectivity index (χ3n) is 4.64. The van der Waals surface area contributed by atoms with Crippen molar-refractivity contribution in [3.05, 3.63) is 47.8 Å². The van der Waals surface area contributed by atoms with E-state index in [1.54, 1.807) is 35.1 Å². The van der Waals surface area contributed by atoms with Crippen LogP contribution in [0.3, 0.4) is 0 Å². The number of carbonyl (C=O) groups excluding carboxylic acids is 1. The van der Waals surface area contributed by atoms with Crippen LogP contribution in [0.1, 0.15) is 22.5 Å². The number of carbonyl (C=O) groups is 1. The number of sulfonamides is 1. The van der Waals surface area contributed by atoms with Gasteiger partial charge in [0.25, 0.3) is 5.91 Å². The van der Waals surface area contributed by atoms with Crippen molar-refractivity contribution in [1.82, 2.24) is 14.8 Å². The minimum absolute atomic E-state index is 0.165. The highest BCUT2D eigenvalue weighted by molar-refractivity contribution is 7.93. The summed E-state index contributed by atoms with van der Waals surface area (Å²) in [5.74, 6) is -0.119. The molecule has 0 unspecified atom stereocenters. The summed E-state index contributed by atoms with van der Waals surface area (Å²) in [6, 6.07) is 8.41. The van der Waals surface area contributed by atoms with Crippen molar-refractivity contribution >= 4 is 38.3 Å². The topological polar surface area (TPSA) is 97.2 Å². The molecule has 8 nitrogen and oxygen atoms in total. The Balaban J connectivity index is 1.54. The van der Waals surface area contributed by atoms with Crippen molar-refractivity contribution in [1.29, 1.82) is 0 Å².